The number of carbonyl (C=O) groups is 2. The lowest BCUT2D eigenvalue weighted by atomic mass is 9.81. The van der Waals surface area contributed by atoms with Gasteiger partial charge in [-0.1, -0.05) is 0 Å². The largest absolute Gasteiger partial charge is 0.390 e. The van der Waals surface area contributed by atoms with Gasteiger partial charge >= 0.3 is 12.4 Å². The molecule has 0 unspecified atom stereocenters. The van der Waals surface area contributed by atoms with Crippen molar-refractivity contribution >= 4 is 17.6 Å². The number of carbonyl (C=O) groups excluding carboxylic acids is 2. The van der Waals surface area contributed by atoms with Gasteiger partial charge in [-0.25, -0.2) is 18.7 Å². The summed E-state index contributed by atoms with van der Waals surface area (Å²) in [6.45, 7) is -0.483. The van der Waals surface area contributed by atoms with Gasteiger partial charge in [-0.15, -0.1) is 0 Å². The minimum atomic E-state index is -4.47. The molecule has 0 aliphatic heterocycles. The van der Waals surface area contributed by atoms with E-state index in [0.29, 0.717) is 11.4 Å². The molecule has 2 atom stereocenters. The summed E-state index contributed by atoms with van der Waals surface area (Å²) in [5, 5.41) is 9.35. The smallest absolute Gasteiger partial charge is 0.347 e. The number of fused-ring (bicyclic) bond motifs is 1. The van der Waals surface area contributed by atoms with Crippen LogP contribution in [0.1, 0.15) is 91.7 Å². The maximum Gasteiger partial charge on any atom is 0.390 e. The van der Waals surface area contributed by atoms with E-state index in [9.17, 15) is 44.7 Å². The fraction of sp³-hybridized carbons (Fsp3) is 0.607. The summed E-state index contributed by atoms with van der Waals surface area (Å²) in [5.74, 6) is -4.61. The van der Waals surface area contributed by atoms with Crippen LogP contribution in [0.2, 0.25) is 0 Å². The Hall–Kier alpha value is -3.79. The van der Waals surface area contributed by atoms with Crippen LogP contribution < -0.4 is 10.6 Å². The molecule has 2 aliphatic carbocycles. The molecule has 9 nitrogen and oxygen atoms in total. The molecule has 246 valence electrons. The normalized spacial score (nSPS) is 18.9. The molecule has 3 aromatic heterocycles. The molecule has 2 aliphatic rings. The standard InChI is InChI=1S/C28H31F8N7O2/c29-26(30)8-3-17(4-9-26)23(40-24(45)19-7-13-43(41-19)14-11-28(34,35)36)20-15-42-12-6-18(37-25(42)38-20)22(16-1-2-16)39-21(44)5-10-27(31,32)33/h6-7,12-13,15-17,22-23H,1-5,8-11,14H2,(H,39,44)(H,40,45)/t22-,23+/m1/s1. The van der Waals surface area contributed by atoms with Crippen LogP contribution in [0.3, 0.4) is 0 Å². The quantitative estimate of drug-likeness (QED) is 0.245. The molecule has 0 radical (unpaired) electrons. The van der Waals surface area contributed by atoms with Gasteiger partial charge in [0.05, 0.1) is 36.3 Å². The third-order valence-corrected chi connectivity index (χ3v) is 8.07. The second-order valence-corrected chi connectivity index (χ2v) is 11.7. The van der Waals surface area contributed by atoms with Crippen molar-refractivity contribution in [3.8, 4) is 0 Å². The molecule has 2 N–H and O–H groups in total. The Morgan fingerprint density at radius 2 is 1.49 bits per heavy atom. The highest BCUT2D eigenvalue weighted by Gasteiger charge is 2.40. The molecule has 45 heavy (non-hydrogen) atoms. The van der Waals surface area contributed by atoms with E-state index in [1.54, 1.807) is 18.5 Å². The number of rotatable bonds is 11. The van der Waals surface area contributed by atoms with Gasteiger partial charge < -0.3 is 10.6 Å². The van der Waals surface area contributed by atoms with Crippen molar-refractivity contribution in [1.82, 2.24) is 34.8 Å². The molecule has 5 rings (SSSR count). The molecule has 2 saturated carbocycles. The van der Waals surface area contributed by atoms with Crippen molar-refractivity contribution in [1.29, 1.82) is 0 Å². The Bertz CT molecular complexity index is 1500. The van der Waals surface area contributed by atoms with E-state index < -0.39 is 86.7 Å². The van der Waals surface area contributed by atoms with Crippen molar-refractivity contribution in [2.75, 3.05) is 0 Å². The summed E-state index contributed by atoms with van der Waals surface area (Å²) < 4.78 is 106. The third-order valence-electron chi connectivity index (χ3n) is 8.07. The Morgan fingerprint density at radius 1 is 0.867 bits per heavy atom. The Balaban J connectivity index is 1.36. The lowest BCUT2D eigenvalue weighted by Gasteiger charge is -2.33. The molecular weight excluding hydrogens is 618 g/mol. The van der Waals surface area contributed by atoms with Crippen molar-refractivity contribution in [2.45, 2.75) is 94.7 Å². The van der Waals surface area contributed by atoms with Gasteiger partial charge in [-0.3, -0.25) is 18.7 Å². The van der Waals surface area contributed by atoms with Crippen LogP contribution in [-0.2, 0) is 11.3 Å². The minimum absolute atomic E-state index is 0.00361. The number of aromatic nitrogens is 5. The van der Waals surface area contributed by atoms with Gasteiger partial charge in [0.1, 0.15) is 5.69 Å². The number of aryl methyl sites for hydroxylation is 1. The number of imidazole rings is 1. The van der Waals surface area contributed by atoms with E-state index in [-0.39, 0.29) is 30.2 Å². The first kappa shape index (κ1) is 32.6. The fourth-order valence-electron chi connectivity index (χ4n) is 5.48. The lowest BCUT2D eigenvalue weighted by molar-refractivity contribution is -0.144. The van der Waals surface area contributed by atoms with E-state index in [2.05, 4.69) is 25.7 Å². The summed E-state index contributed by atoms with van der Waals surface area (Å²) in [7, 11) is 0. The molecule has 3 aromatic rings. The fourth-order valence-corrected chi connectivity index (χ4v) is 5.48. The van der Waals surface area contributed by atoms with Crippen LogP contribution in [0, 0.1) is 11.8 Å². The monoisotopic (exact) mass is 649 g/mol. The summed E-state index contributed by atoms with van der Waals surface area (Å²) >= 11 is 0. The lowest BCUT2D eigenvalue weighted by Crippen LogP contribution is -2.37. The Kier molecular flexibility index (Phi) is 9.08. The predicted molar refractivity (Wildman–Crippen MR) is 142 cm³/mol. The highest BCUT2D eigenvalue weighted by atomic mass is 19.4. The maximum absolute atomic E-state index is 14.0. The first-order chi connectivity index (χ1) is 21.1. The van der Waals surface area contributed by atoms with Crippen LogP contribution in [-0.4, -0.2) is 54.2 Å². The van der Waals surface area contributed by atoms with Crippen LogP contribution in [0.4, 0.5) is 35.1 Å². The minimum Gasteiger partial charge on any atom is -0.347 e. The second kappa shape index (κ2) is 12.5. The van der Waals surface area contributed by atoms with E-state index in [0.717, 1.165) is 17.5 Å². The number of nitrogens with zero attached hydrogens (tertiary/aromatic N) is 5. The molecule has 0 aromatic carbocycles. The first-order valence-electron chi connectivity index (χ1n) is 14.6. The van der Waals surface area contributed by atoms with Gasteiger partial charge in [0.25, 0.3) is 5.91 Å². The average molecular weight is 650 g/mol. The number of nitrogens with one attached hydrogen (secondary N) is 2. The van der Waals surface area contributed by atoms with Gasteiger partial charge in [-0.2, -0.15) is 31.4 Å². The molecule has 2 fully saturated rings. The molecule has 17 heteroatoms. The van der Waals surface area contributed by atoms with E-state index in [1.165, 1.54) is 16.7 Å². The van der Waals surface area contributed by atoms with Gasteiger partial charge in [0.2, 0.25) is 17.6 Å². The predicted octanol–water partition coefficient (Wildman–Crippen LogP) is 6.08. The van der Waals surface area contributed by atoms with Gasteiger partial charge in [-0.05, 0) is 49.7 Å². The SMILES string of the molecule is O=C(CCC(F)(F)F)N[C@@H](c1ccn2cc([C@@H](NC(=O)c3ccn(CCC(F)(F)F)n3)C3CCC(F)(F)CC3)nc2n1)C1CC1. The summed E-state index contributed by atoms with van der Waals surface area (Å²) in [5.41, 5.74) is 0.544. The van der Waals surface area contributed by atoms with Crippen LogP contribution >= 0.6 is 0 Å². The van der Waals surface area contributed by atoms with Crippen molar-refractivity contribution in [2.24, 2.45) is 11.8 Å². The van der Waals surface area contributed by atoms with Crippen LogP contribution in [0.15, 0.2) is 30.7 Å². The van der Waals surface area contributed by atoms with E-state index in [4.69, 9.17) is 0 Å². The van der Waals surface area contributed by atoms with Gasteiger partial charge in [0, 0.05) is 44.4 Å². The second-order valence-electron chi connectivity index (χ2n) is 11.7. The number of amides is 2. The van der Waals surface area contributed by atoms with Crippen molar-refractivity contribution < 1.29 is 44.7 Å². The zero-order valence-corrected chi connectivity index (χ0v) is 23.8. The zero-order valence-electron chi connectivity index (χ0n) is 23.8. The topological polar surface area (TPSA) is 106 Å². The maximum atomic E-state index is 14.0. The molecular formula is C28H31F8N7O2. The number of hydrogen-bond acceptors (Lipinski definition) is 5. The molecule has 3 heterocycles. The molecule has 2 amide bonds. The summed E-state index contributed by atoms with van der Waals surface area (Å²) in [6, 6.07) is 1.38. The summed E-state index contributed by atoms with van der Waals surface area (Å²) in [6.07, 6.45) is -6.73. The highest BCUT2D eigenvalue weighted by molar-refractivity contribution is 5.92. The Labute approximate surface area is 251 Å². The Morgan fingerprint density at radius 3 is 2.13 bits per heavy atom. The van der Waals surface area contributed by atoms with Crippen LogP contribution in [0.5, 0.6) is 0 Å². The van der Waals surface area contributed by atoms with Crippen molar-refractivity contribution in [3.05, 3.63) is 47.8 Å². The highest BCUT2D eigenvalue weighted by Crippen LogP contribution is 2.42. The average Bonchev–Trinajstić information content (AvgIpc) is 3.52. The molecule has 0 bridgehead atoms. The number of alkyl halides is 8. The van der Waals surface area contributed by atoms with Crippen LogP contribution in [0.25, 0.3) is 5.78 Å². The van der Waals surface area contributed by atoms with E-state index in [1.807, 2.05) is 0 Å². The third kappa shape index (κ3) is 8.90. The molecule has 0 saturated heterocycles. The van der Waals surface area contributed by atoms with E-state index >= 15 is 0 Å². The summed E-state index contributed by atoms with van der Waals surface area (Å²) in [4.78, 5) is 34.5. The number of halogens is 8. The zero-order chi connectivity index (χ0) is 32.6. The van der Waals surface area contributed by atoms with Gasteiger partial charge in [0.15, 0.2) is 0 Å². The molecule has 0 spiro atoms. The first-order valence-corrected chi connectivity index (χ1v) is 14.6. The van der Waals surface area contributed by atoms with Crippen molar-refractivity contribution in [3.63, 3.8) is 0 Å². The number of hydrogen-bond donors (Lipinski definition) is 2.